The van der Waals surface area contributed by atoms with Crippen LogP contribution in [0.4, 0.5) is 0 Å². The monoisotopic (exact) mass is 404 g/mol. The summed E-state index contributed by atoms with van der Waals surface area (Å²) in [5, 5.41) is 34.7. The third kappa shape index (κ3) is 7.79. The lowest BCUT2D eigenvalue weighted by Crippen LogP contribution is -2.61. The maximum Gasteiger partial charge on any atom is 0.328 e. The molecule has 0 aliphatic heterocycles. The molecule has 0 bridgehead atoms. The van der Waals surface area contributed by atoms with E-state index in [-0.39, 0.29) is 5.92 Å². The van der Waals surface area contributed by atoms with Crippen LogP contribution in [-0.2, 0) is 19.2 Å². The van der Waals surface area contributed by atoms with Crippen LogP contribution >= 0.6 is 0 Å². The van der Waals surface area contributed by atoms with Gasteiger partial charge in [-0.25, -0.2) is 4.79 Å². The van der Waals surface area contributed by atoms with Crippen LogP contribution in [0.5, 0.6) is 0 Å². The normalized spacial score (nSPS) is 16.6. The van der Waals surface area contributed by atoms with Gasteiger partial charge in [0, 0.05) is 0 Å². The van der Waals surface area contributed by atoms with E-state index in [1.807, 2.05) is 0 Å². The summed E-state index contributed by atoms with van der Waals surface area (Å²) in [6.07, 6.45) is -1.27. The number of aliphatic hydroxyl groups excluding tert-OH is 2. The lowest BCUT2D eigenvalue weighted by atomic mass is 10.0. The van der Waals surface area contributed by atoms with Gasteiger partial charge in [0.1, 0.15) is 18.1 Å². The number of amides is 3. The zero-order valence-corrected chi connectivity index (χ0v) is 16.8. The molecular formula is C17H32N4O7. The summed E-state index contributed by atoms with van der Waals surface area (Å²) < 4.78 is 0. The minimum absolute atomic E-state index is 0.196. The highest BCUT2D eigenvalue weighted by molar-refractivity contribution is 5.94. The van der Waals surface area contributed by atoms with E-state index in [2.05, 4.69) is 16.0 Å². The van der Waals surface area contributed by atoms with Gasteiger partial charge in [0.2, 0.25) is 17.7 Å². The van der Waals surface area contributed by atoms with Gasteiger partial charge >= 0.3 is 5.97 Å². The van der Waals surface area contributed by atoms with Crippen LogP contribution in [0.2, 0.25) is 0 Å². The fraction of sp³-hybridized carbons (Fsp3) is 0.765. The number of nitrogens with two attached hydrogens (primary N) is 1. The first kappa shape index (κ1) is 25.8. The summed E-state index contributed by atoms with van der Waals surface area (Å²) in [7, 11) is 0. The number of hydrogen-bond acceptors (Lipinski definition) is 7. The Balaban J connectivity index is 5.29. The maximum absolute atomic E-state index is 12.5. The molecule has 0 fully saturated rings. The summed E-state index contributed by atoms with van der Waals surface area (Å²) in [6, 6.07) is -4.93. The molecule has 0 heterocycles. The summed E-state index contributed by atoms with van der Waals surface area (Å²) in [6.45, 7) is 7.15. The Morgan fingerprint density at radius 1 is 0.821 bits per heavy atom. The lowest BCUT2D eigenvalue weighted by molar-refractivity contribution is -0.143. The fourth-order valence-electron chi connectivity index (χ4n) is 2.18. The highest BCUT2D eigenvalue weighted by Gasteiger charge is 2.33. The van der Waals surface area contributed by atoms with Gasteiger partial charge in [0.15, 0.2) is 0 Å². The van der Waals surface area contributed by atoms with Crippen LogP contribution in [-0.4, -0.2) is 75.9 Å². The molecule has 3 amide bonds. The second-order valence-corrected chi connectivity index (χ2v) is 7.31. The molecule has 0 rings (SSSR count). The second kappa shape index (κ2) is 11.6. The average molecular weight is 404 g/mol. The Morgan fingerprint density at radius 2 is 1.29 bits per heavy atom. The molecule has 11 nitrogen and oxygen atoms in total. The molecule has 0 aromatic rings. The van der Waals surface area contributed by atoms with Crippen molar-refractivity contribution in [2.75, 3.05) is 6.61 Å². The lowest BCUT2D eigenvalue weighted by Gasteiger charge is -2.28. The number of carbonyl (C=O) groups excluding carboxylic acids is 3. The van der Waals surface area contributed by atoms with E-state index in [0.717, 1.165) is 0 Å². The third-order valence-corrected chi connectivity index (χ3v) is 4.13. The Labute approximate surface area is 164 Å². The van der Waals surface area contributed by atoms with Gasteiger partial charge in [-0.15, -0.1) is 0 Å². The van der Waals surface area contributed by atoms with Crippen molar-refractivity contribution in [2.45, 2.75) is 64.9 Å². The van der Waals surface area contributed by atoms with Crippen LogP contribution in [0.25, 0.3) is 0 Å². The number of carboxylic acid groups (broad SMARTS) is 1. The zero-order valence-electron chi connectivity index (χ0n) is 16.8. The molecule has 0 saturated heterocycles. The summed E-state index contributed by atoms with van der Waals surface area (Å²) in [4.78, 5) is 48.0. The zero-order chi connectivity index (χ0) is 22.2. The molecule has 162 valence electrons. The molecule has 0 aromatic heterocycles. The Kier molecular flexibility index (Phi) is 10.6. The predicted octanol–water partition coefficient (Wildman–Crippen LogP) is -2.46. The maximum atomic E-state index is 12.5. The summed E-state index contributed by atoms with van der Waals surface area (Å²) in [5.41, 5.74) is 5.74. The molecule has 0 radical (unpaired) electrons. The van der Waals surface area contributed by atoms with Gasteiger partial charge in [-0.3, -0.25) is 14.4 Å². The number of nitrogens with one attached hydrogen (secondary N) is 3. The molecule has 0 saturated carbocycles. The molecule has 0 spiro atoms. The minimum Gasteiger partial charge on any atom is -0.480 e. The largest absolute Gasteiger partial charge is 0.480 e. The van der Waals surface area contributed by atoms with Gasteiger partial charge in [-0.1, -0.05) is 27.7 Å². The SMILES string of the molecule is CC(C)C(N)C(=O)NC(C(=O)NC(C(=O)NC(CO)C(=O)O)C(C)C)C(C)O. The molecule has 5 atom stereocenters. The van der Waals surface area contributed by atoms with Crippen LogP contribution in [0.3, 0.4) is 0 Å². The fourth-order valence-corrected chi connectivity index (χ4v) is 2.18. The number of hydrogen-bond donors (Lipinski definition) is 7. The molecule has 0 aliphatic rings. The van der Waals surface area contributed by atoms with Crippen molar-refractivity contribution in [1.82, 2.24) is 16.0 Å². The summed E-state index contributed by atoms with van der Waals surface area (Å²) >= 11 is 0. The van der Waals surface area contributed by atoms with Crippen LogP contribution in [0.1, 0.15) is 34.6 Å². The number of carboxylic acids is 1. The van der Waals surface area contributed by atoms with Crippen LogP contribution in [0.15, 0.2) is 0 Å². The average Bonchev–Trinajstić information content (AvgIpc) is 2.59. The van der Waals surface area contributed by atoms with Crippen molar-refractivity contribution in [3.05, 3.63) is 0 Å². The van der Waals surface area contributed by atoms with Crippen molar-refractivity contribution in [1.29, 1.82) is 0 Å². The molecule has 5 unspecified atom stereocenters. The van der Waals surface area contributed by atoms with Gasteiger partial charge in [0.05, 0.1) is 18.8 Å². The van der Waals surface area contributed by atoms with Crippen LogP contribution < -0.4 is 21.7 Å². The number of rotatable bonds is 11. The number of aliphatic hydroxyl groups is 2. The smallest absolute Gasteiger partial charge is 0.328 e. The first-order valence-electron chi connectivity index (χ1n) is 9.01. The van der Waals surface area contributed by atoms with E-state index >= 15 is 0 Å². The Bertz CT molecular complexity index is 566. The van der Waals surface area contributed by atoms with Crippen molar-refractivity contribution in [2.24, 2.45) is 17.6 Å². The Morgan fingerprint density at radius 3 is 1.64 bits per heavy atom. The van der Waals surface area contributed by atoms with Crippen molar-refractivity contribution in [3.63, 3.8) is 0 Å². The van der Waals surface area contributed by atoms with E-state index in [0.29, 0.717) is 0 Å². The van der Waals surface area contributed by atoms with Crippen molar-refractivity contribution < 1.29 is 34.5 Å². The summed E-state index contributed by atoms with van der Waals surface area (Å²) in [5.74, 6) is -4.35. The molecule has 0 aliphatic carbocycles. The van der Waals surface area contributed by atoms with Gasteiger partial charge in [-0.2, -0.15) is 0 Å². The number of aliphatic carboxylic acids is 1. The first-order valence-corrected chi connectivity index (χ1v) is 9.01. The third-order valence-electron chi connectivity index (χ3n) is 4.13. The van der Waals surface area contributed by atoms with E-state index in [9.17, 15) is 24.3 Å². The van der Waals surface area contributed by atoms with E-state index in [4.69, 9.17) is 15.9 Å². The van der Waals surface area contributed by atoms with Crippen molar-refractivity contribution >= 4 is 23.7 Å². The van der Waals surface area contributed by atoms with Crippen LogP contribution in [0, 0.1) is 11.8 Å². The highest BCUT2D eigenvalue weighted by Crippen LogP contribution is 2.06. The molecule has 11 heteroatoms. The van der Waals surface area contributed by atoms with Gasteiger partial charge in [-0.05, 0) is 18.8 Å². The molecule has 8 N–H and O–H groups in total. The minimum atomic E-state index is -1.53. The Hall–Kier alpha value is -2.24. The quantitative estimate of drug-likeness (QED) is 0.197. The predicted molar refractivity (Wildman–Crippen MR) is 99.8 cm³/mol. The number of carbonyl (C=O) groups is 4. The molecule has 0 aromatic carbocycles. The van der Waals surface area contributed by atoms with Crippen molar-refractivity contribution in [3.8, 4) is 0 Å². The highest BCUT2D eigenvalue weighted by atomic mass is 16.4. The van der Waals surface area contributed by atoms with Gasteiger partial charge < -0.3 is 37.0 Å². The topological polar surface area (TPSA) is 191 Å². The van der Waals surface area contributed by atoms with Gasteiger partial charge in [0.25, 0.3) is 0 Å². The molecular weight excluding hydrogens is 372 g/mol. The van der Waals surface area contributed by atoms with E-state index in [1.54, 1.807) is 27.7 Å². The van der Waals surface area contributed by atoms with E-state index < -0.39 is 66.5 Å². The standard InChI is InChI=1S/C17H32N4O7/c1-7(2)11(18)14(24)21-13(9(5)23)16(26)20-12(8(3)4)15(25)19-10(6-22)17(27)28/h7-13,22-23H,6,18H2,1-5H3,(H,19,25)(H,20,26)(H,21,24)(H,27,28). The first-order chi connectivity index (χ1) is 12.8. The second-order valence-electron chi connectivity index (χ2n) is 7.31. The van der Waals surface area contributed by atoms with E-state index in [1.165, 1.54) is 6.92 Å². The molecule has 28 heavy (non-hydrogen) atoms.